The average molecular weight is 391 g/mol. The molecule has 0 aliphatic heterocycles. The molecule has 126 valence electrons. The van der Waals surface area contributed by atoms with Crippen molar-refractivity contribution in [2.45, 2.75) is 42.8 Å². The summed E-state index contributed by atoms with van der Waals surface area (Å²) in [6, 6.07) is 5.76. The third kappa shape index (κ3) is 2.71. The van der Waals surface area contributed by atoms with Crippen molar-refractivity contribution < 1.29 is 19.8 Å². The lowest BCUT2D eigenvalue weighted by Crippen LogP contribution is -2.38. The van der Waals surface area contributed by atoms with Crippen LogP contribution in [0.15, 0.2) is 41.5 Å². The van der Waals surface area contributed by atoms with E-state index in [1.54, 1.807) is 19.1 Å². The second-order valence-electron chi connectivity index (χ2n) is 6.53. The van der Waals surface area contributed by atoms with Crippen LogP contribution >= 0.6 is 15.9 Å². The number of carboxylic acids is 2. The maximum absolute atomic E-state index is 12.2. The molecule has 1 atom stereocenters. The Hall–Kier alpha value is -1.88. The molecule has 2 aliphatic rings. The molecule has 0 heterocycles. The number of hydrogen-bond donors (Lipinski definition) is 2. The molecule has 0 spiro atoms. The summed E-state index contributed by atoms with van der Waals surface area (Å²) in [5, 5.41) is 20.0. The highest BCUT2D eigenvalue weighted by molar-refractivity contribution is 9.08. The van der Waals surface area contributed by atoms with Gasteiger partial charge in [0, 0.05) is 17.3 Å². The highest BCUT2D eigenvalue weighted by atomic mass is 79.9. The van der Waals surface area contributed by atoms with Crippen LogP contribution in [-0.2, 0) is 20.3 Å². The number of rotatable bonds is 5. The van der Waals surface area contributed by atoms with Gasteiger partial charge in [0.25, 0.3) is 0 Å². The highest BCUT2D eigenvalue weighted by Crippen LogP contribution is 2.47. The fourth-order valence-corrected chi connectivity index (χ4v) is 4.11. The number of carbonyl (C=O) groups is 2. The Morgan fingerprint density at radius 1 is 1.29 bits per heavy atom. The lowest BCUT2D eigenvalue weighted by atomic mass is 9.69. The van der Waals surface area contributed by atoms with Crippen LogP contribution in [0, 0.1) is 0 Å². The molecule has 1 aromatic carbocycles. The number of halogens is 1. The smallest absolute Gasteiger partial charge is 0.331 e. The first-order chi connectivity index (χ1) is 11.4. The molecule has 2 N–H and O–H groups in total. The number of allylic oxidation sites excluding steroid dienone is 2. The molecule has 4 nitrogen and oxygen atoms in total. The van der Waals surface area contributed by atoms with Gasteiger partial charge in [0.05, 0.1) is 0 Å². The van der Waals surface area contributed by atoms with Gasteiger partial charge in [-0.05, 0) is 47.9 Å². The molecule has 5 heteroatoms. The molecule has 1 aromatic rings. The van der Waals surface area contributed by atoms with E-state index in [2.05, 4.69) is 22.0 Å². The van der Waals surface area contributed by atoms with Crippen LogP contribution in [0.2, 0.25) is 0 Å². The van der Waals surface area contributed by atoms with Gasteiger partial charge >= 0.3 is 11.9 Å². The number of carboxylic acid groups (broad SMARTS) is 2. The minimum atomic E-state index is -1.33. The van der Waals surface area contributed by atoms with Crippen LogP contribution in [0.1, 0.15) is 48.8 Å². The maximum Gasteiger partial charge on any atom is 0.331 e. The summed E-state index contributed by atoms with van der Waals surface area (Å²) in [6.45, 7) is 1.71. The minimum Gasteiger partial charge on any atom is -0.480 e. The summed E-state index contributed by atoms with van der Waals surface area (Å²) in [7, 11) is 0. The maximum atomic E-state index is 12.2. The van der Waals surface area contributed by atoms with Gasteiger partial charge in [-0.3, -0.25) is 4.79 Å². The molecule has 1 unspecified atom stereocenters. The van der Waals surface area contributed by atoms with Crippen molar-refractivity contribution in [1.82, 2.24) is 0 Å². The first kappa shape index (κ1) is 17.0. The van der Waals surface area contributed by atoms with Crippen LogP contribution in [0.4, 0.5) is 0 Å². The van der Waals surface area contributed by atoms with Gasteiger partial charge < -0.3 is 10.2 Å². The summed E-state index contributed by atoms with van der Waals surface area (Å²) in [4.78, 5) is 23.8. The normalized spacial score (nSPS) is 23.4. The topological polar surface area (TPSA) is 74.6 Å². The molecule has 0 bridgehead atoms. The molecule has 1 fully saturated rings. The first-order valence-electron chi connectivity index (χ1n) is 7.94. The molecule has 0 aromatic heterocycles. The fraction of sp³-hybridized carbons (Fsp3) is 0.368. The lowest BCUT2D eigenvalue weighted by molar-refractivity contribution is -0.142. The van der Waals surface area contributed by atoms with Crippen LogP contribution in [0.3, 0.4) is 0 Å². The van der Waals surface area contributed by atoms with Crippen LogP contribution in [0.5, 0.6) is 0 Å². The van der Waals surface area contributed by atoms with E-state index in [1.165, 1.54) is 5.56 Å². The van der Waals surface area contributed by atoms with E-state index in [-0.39, 0.29) is 12.0 Å². The molecule has 3 rings (SSSR count). The van der Waals surface area contributed by atoms with E-state index >= 15 is 0 Å². The van der Waals surface area contributed by atoms with E-state index in [4.69, 9.17) is 0 Å². The van der Waals surface area contributed by atoms with E-state index in [0.29, 0.717) is 22.4 Å². The molecule has 0 saturated heterocycles. The highest BCUT2D eigenvalue weighted by Gasteiger charge is 2.44. The summed E-state index contributed by atoms with van der Waals surface area (Å²) < 4.78 is 0. The molecule has 2 aliphatic carbocycles. The van der Waals surface area contributed by atoms with Gasteiger partial charge in [0.15, 0.2) is 0 Å². The average Bonchev–Trinajstić information content (AvgIpc) is 3.39. The number of alkyl halides is 1. The van der Waals surface area contributed by atoms with Gasteiger partial charge in [-0.2, -0.15) is 0 Å². The zero-order valence-electron chi connectivity index (χ0n) is 13.4. The molecule has 1 saturated carbocycles. The van der Waals surface area contributed by atoms with Crippen molar-refractivity contribution in [3.63, 3.8) is 0 Å². The fourth-order valence-electron chi connectivity index (χ4n) is 3.49. The van der Waals surface area contributed by atoms with E-state index < -0.39 is 17.4 Å². The summed E-state index contributed by atoms with van der Waals surface area (Å²) in [5.74, 6) is -1.58. The predicted octanol–water partition coefficient (Wildman–Crippen LogP) is 4.14. The van der Waals surface area contributed by atoms with Crippen LogP contribution < -0.4 is 0 Å². The Morgan fingerprint density at radius 2 is 2.00 bits per heavy atom. The Bertz CT molecular complexity index is 774. The zero-order valence-corrected chi connectivity index (χ0v) is 15.0. The largest absolute Gasteiger partial charge is 0.480 e. The van der Waals surface area contributed by atoms with E-state index in [9.17, 15) is 19.8 Å². The van der Waals surface area contributed by atoms with Gasteiger partial charge in [-0.25, -0.2) is 4.79 Å². The van der Waals surface area contributed by atoms with Gasteiger partial charge in [-0.1, -0.05) is 46.3 Å². The molecular weight excluding hydrogens is 372 g/mol. The third-order valence-corrected chi connectivity index (χ3v) is 5.59. The Kier molecular flexibility index (Phi) is 4.38. The predicted molar refractivity (Wildman–Crippen MR) is 94.5 cm³/mol. The van der Waals surface area contributed by atoms with E-state index in [0.717, 1.165) is 18.4 Å². The molecular formula is C19H19BrO4. The van der Waals surface area contributed by atoms with Crippen LogP contribution in [0.25, 0.3) is 0 Å². The lowest BCUT2D eigenvalue weighted by Gasteiger charge is -2.32. The second kappa shape index (κ2) is 6.20. The number of hydrogen-bond acceptors (Lipinski definition) is 2. The van der Waals surface area contributed by atoms with E-state index in [1.807, 2.05) is 12.1 Å². The quantitative estimate of drug-likeness (QED) is 0.740. The zero-order chi connectivity index (χ0) is 17.5. The third-order valence-electron chi connectivity index (χ3n) is 5.03. The van der Waals surface area contributed by atoms with Crippen molar-refractivity contribution in [3.8, 4) is 0 Å². The van der Waals surface area contributed by atoms with Crippen LogP contribution in [-0.4, -0.2) is 22.2 Å². The molecule has 0 amide bonds. The van der Waals surface area contributed by atoms with Crippen molar-refractivity contribution in [2.24, 2.45) is 0 Å². The second-order valence-corrected chi connectivity index (χ2v) is 7.10. The Labute approximate surface area is 149 Å². The van der Waals surface area contributed by atoms with Crippen molar-refractivity contribution in [1.29, 1.82) is 0 Å². The summed E-state index contributed by atoms with van der Waals surface area (Å²) in [5.41, 5.74) is 2.30. The number of aliphatic carboxylic acids is 2. The first-order valence-corrected chi connectivity index (χ1v) is 9.06. The van der Waals surface area contributed by atoms with Gasteiger partial charge in [0.1, 0.15) is 5.41 Å². The Balaban J connectivity index is 2.18. The molecule has 0 radical (unpaired) electrons. The summed E-state index contributed by atoms with van der Waals surface area (Å²) >= 11 is 3.51. The van der Waals surface area contributed by atoms with Crippen molar-refractivity contribution in [3.05, 3.63) is 58.2 Å². The van der Waals surface area contributed by atoms with Crippen molar-refractivity contribution in [2.75, 3.05) is 0 Å². The van der Waals surface area contributed by atoms with Crippen molar-refractivity contribution >= 4 is 27.9 Å². The van der Waals surface area contributed by atoms with Gasteiger partial charge in [-0.15, -0.1) is 0 Å². The Morgan fingerprint density at radius 3 is 2.54 bits per heavy atom. The SMILES string of the molecule is CC1=C(C(=O)O)CC(C(=O)O)(c2cccc(C3CC3)c2CBr)C=C1. The molecule has 24 heavy (non-hydrogen) atoms. The monoisotopic (exact) mass is 390 g/mol. The number of benzene rings is 1. The minimum absolute atomic E-state index is 0.0336. The summed E-state index contributed by atoms with van der Waals surface area (Å²) in [6.07, 6.45) is 5.49. The standard InChI is InChI=1S/C19H19BrO4/c1-11-7-8-19(18(23)24,9-14(11)17(21)22)16-4-2-3-13(12-5-6-12)15(16)10-20/h2-4,7-8,12H,5-6,9-10H2,1H3,(H,21,22)(H,23,24). The van der Waals surface area contributed by atoms with Gasteiger partial charge in [0.2, 0.25) is 0 Å².